The molecule has 0 N–H and O–H groups in total. The van der Waals surface area contributed by atoms with E-state index < -0.39 is 5.41 Å². The molecular weight excluding hydrogens is 492 g/mol. The molecule has 0 fully saturated rings. The van der Waals surface area contributed by atoms with Gasteiger partial charge in [-0.05, 0) is 52.6 Å². The molecule has 1 aliphatic heterocycles. The number of nitrogens with zero attached hydrogens (tertiary/aromatic N) is 2. The maximum atomic E-state index is 6.65. The van der Waals surface area contributed by atoms with Crippen molar-refractivity contribution in [3.05, 3.63) is 155 Å². The molecule has 4 heteroatoms. The van der Waals surface area contributed by atoms with Gasteiger partial charge in [-0.2, -0.15) is 0 Å². The second-order valence-corrected chi connectivity index (χ2v) is 11.1. The van der Waals surface area contributed by atoms with Crippen LogP contribution in [0.25, 0.3) is 22.9 Å². The number of ether oxygens (including phenoxy) is 1. The first kappa shape index (κ1) is 23.0. The number of hydrogen-bond donors (Lipinski definition) is 0. The van der Waals surface area contributed by atoms with Crippen LogP contribution >= 0.6 is 0 Å². The van der Waals surface area contributed by atoms with Crippen molar-refractivity contribution in [2.75, 3.05) is 0 Å². The molecule has 0 saturated carbocycles. The quantitative estimate of drug-likeness (QED) is 0.230. The Hall–Kier alpha value is -4.96. The van der Waals surface area contributed by atoms with Crippen LogP contribution in [-0.2, 0) is 10.8 Å². The lowest BCUT2D eigenvalue weighted by Crippen LogP contribution is -2.43. The van der Waals surface area contributed by atoms with Crippen molar-refractivity contribution in [1.29, 1.82) is 0 Å². The van der Waals surface area contributed by atoms with Gasteiger partial charge in [0.2, 0.25) is 11.8 Å². The van der Waals surface area contributed by atoms with Crippen molar-refractivity contribution in [2.45, 2.75) is 24.7 Å². The van der Waals surface area contributed by atoms with Crippen LogP contribution in [0.3, 0.4) is 0 Å². The summed E-state index contributed by atoms with van der Waals surface area (Å²) in [7, 11) is 0. The molecule has 0 saturated heterocycles. The van der Waals surface area contributed by atoms with Gasteiger partial charge in [-0.1, -0.05) is 105 Å². The van der Waals surface area contributed by atoms with Crippen molar-refractivity contribution in [3.63, 3.8) is 0 Å². The monoisotopic (exact) mass is 518 g/mol. The first-order chi connectivity index (χ1) is 19.6. The van der Waals surface area contributed by atoms with Gasteiger partial charge in [-0.25, -0.2) is 0 Å². The van der Waals surface area contributed by atoms with Crippen molar-refractivity contribution in [3.8, 4) is 34.4 Å². The lowest BCUT2D eigenvalue weighted by Gasteiger charge is -2.50. The smallest absolute Gasteiger partial charge is 0.248 e. The zero-order valence-electron chi connectivity index (χ0n) is 22.3. The number of benzene rings is 5. The number of rotatable bonds is 2. The van der Waals surface area contributed by atoms with E-state index in [4.69, 9.17) is 9.15 Å². The third kappa shape index (κ3) is 3.02. The predicted octanol–water partition coefficient (Wildman–Crippen LogP) is 8.53. The zero-order chi connectivity index (χ0) is 26.9. The Balaban J connectivity index is 1.39. The third-order valence-electron chi connectivity index (χ3n) is 8.60. The van der Waals surface area contributed by atoms with E-state index in [0.29, 0.717) is 11.8 Å². The summed E-state index contributed by atoms with van der Waals surface area (Å²) in [5.74, 6) is 2.60. The van der Waals surface area contributed by atoms with Crippen molar-refractivity contribution >= 4 is 0 Å². The van der Waals surface area contributed by atoms with E-state index in [-0.39, 0.29) is 5.41 Å². The molecular formula is C36H26N2O2. The van der Waals surface area contributed by atoms with Crippen molar-refractivity contribution in [2.24, 2.45) is 0 Å². The lowest BCUT2D eigenvalue weighted by molar-refractivity contribution is 0.425. The molecule has 0 radical (unpaired) electrons. The molecule has 192 valence electrons. The highest BCUT2D eigenvalue weighted by Gasteiger charge is 2.52. The van der Waals surface area contributed by atoms with Gasteiger partial charge in [0.05, 0.1) is 5.41 Å². The van der Waals surface area contributed by atoms with Gasteiger partial charge < -0.3 is 9.15 Å². The molecule has 1 aliphatic carbocycles. The van der Waals surface area contributed by atoms with E-state index in [2.05, 4.69) is 103 Å². The number of para-hydroxylation sites is 1. The minimum atomic E-state index is -0.532. The largest absolute Gasteiger partial charge is 0.457 e. The molecule has 5 aromatic carbocycles. The lowest BCUT2D eigenvalue weighted by atomic mass is 9.53. The molecule has 0 unspecified atom stereocenters. The van der Waals surface area contributed by atoms with Crippen LogP contribution < -0.4 is 4.74 Å². The molecule has 2 aliphatic rings. The van der Waals surface area contributed by atoms with E-state index in [1.54, 1.807) is 0 Å². The molecule has 4 nitrogen and oxygen atoms in total. The molecule has 0 atom stereocenters. The first-order valence-electron chi connectivity index (χ1n) is 13.6. The van der Waals surface area contributed by atoms with E-state index in [1.807, 2.05) is 42.5 Å². The summed E-state index contributed by atoms with van der Waals surface area (Å²) in [6.07, 6.45) is 0. The number of hydrogen-bond acceptors (Lipinski definition) is 4. The fourth-order valence-corrected chi connectivity index (χ4v) is 6.80. The van der Waals surface area contributed by atoms with Gasteiger partial charge >= 0.3 is 0 Å². The SMILES string of the molecule is CC1(C)c2ccccc2C2(c3ccccc3Oc3cc(-c4nnc(-c5ccccc5)o4)ccc32)c2ccccc21. The van der Waals surface area contributed by atoms with Gasteiger partial charge in [0.1, 0.15) is 11.5 Å². The van der Waals surface area contributed by atoms with Crippen molar-refractivity contribution < 1.29 is 9.15 Å². The number of fused-ring (bicyclic) bond motifs is 8. The standard InChI is InChI=1S/C36H26N2O2/c1-35(2)25-14-6-8-16-27(25)36(28-17-9-7-15-26(28)35)29-18-10-11-19-31(29)39-32-22-24(20-21-30(32)36)34-38-37-33(40-34)23-12-4-3-5-13-23/h3-22H,1-2H3. The second-order valence-electron chi connectivity index (χ2n) is 11.1. The van der Waals surface area contributed by atoms with E-state index in [0.717, 1.165) is 33.8 Å². The van der Waals surface area contributed by atoms with Gasteiger partial charge in [-0.3, -0.25) is 0 Å². The predicted molar refractivity (Wildman–Crippen MR) is 156 cm³/mol. The fourth-order valence-electron chi connectivity index (χ4n) is 6.80. The highest BCUT2D eigenvalue weighted by Crippen LogP contribution is 2.61. The van der Waals surface area contributed by atoms with Gasteiger partial charge in [0.25, 0.3) is 0 Å². The zero-order valence-corrected chi connectivity index (χ0v) is 22.3. The summed E-state index contributed by atoms with van der Waals surface area (Å²) in [6, 6.07) is 42.3. The van der Waals surface area contributed by atoms with Gasteiger partial charge in [0.15, 0.2) is 0 Å². The molecule has 1 spiro atoms. The van der Waals surface area contributed by atoms with Crippen LogP contribution in [-0.4, -0.2) is 10.2 Å². The maximum Gasteiger partial charge on any atom is 0.248 e. The Morgan fingerprint density at radius 1 is 0.475 bits per heavy atom. The summed E-state index contributed by atoms with van der Waals surface area (Å²) in [4.78, 5) is 0. The Morgan fingerprint density at radius 3 is 1.68 bits per heavy atom. The van der Waals surface area contributed by atoms with Crippen LogP contribution in [0.15, 0.2) is 126 Å². The Morgan fingerprint density at radius 2 is 1.00 bits per heavy atom. The highest BCUT2D eigenvalue weighted by atomic mass is 16.5. The highest BCUT2D eigenvalue weighted by molar-refractivity contribution is 5.76. The summed E-state index contributed by atoms with van der Waals surface area (Å²) in [6.45, 7) is 4.65. The average Bonchev–Trinajstić information content (AvgIpc) is 3.50. The summed E-state index contributed by atoms with van der Waals surface area (Å²) in [5, 5.41) is 8.69. The molecule has 40 heavy (non-hydrogen) atoms. The normalized spacial score (nSPS) is 15.3. The summed E-state index contributed by atoms with van der Waals surface area (Å²) >= 11 is 0. The molecule has 6 aromatic rings. The Bertz CT molecular complexity index is 1870. The van der Waals surface area contributed by atoms with Crippen LogP contribution in [0.2, 0.25) is 0 Å². The topological polar surface area (TPSA) is 48.2 Å². The Labute approximate surface area is 232 Å². The molecule has 2 heterocycles. The minimum Gasteiger partial charge on any atom is -0.457 e. The van der Waals surface area contributed by atoms with E-state index in [1.165, 1.54) is 22.3 Å². The van der Waals surface area contributed by atoms with Crippen molar-refractivity contribution in [1.82, 2.24) is 10.2 Å². The van der Waals surface area contributed by atoms with E-state index in [9.17, 15) is 0 Å². The van der Waals surface area contributed by atoms with Gasteiger partial charge in [0, 0.05) is 27.7 Å². The maximum absolute atomic E-state index is 6.65. The van der Waals surface area contributed by atoms with Crippen LogP contribution in [0.4, 0.5) is 0 Å². The Kier molecular flexibility index (Phi) is 4.75. The first-order valence-corrected chi connectivity index (χ1v) is 13.6. The van der Waals surface area contributed by atoms with Crippen LogP contribution in [0, 0.1) is 0 Å². The second kappa shape index (κ2) is 8.27. The molecule has 0 amide bonds. The average molecular weight is 519 g/mol. The summed E-state index contributed by atoms with van der Waals surface area (Å²) in [5.41, 5.74) is 8.50. The fraction of sp³-hybridized carbons (Fsp3) is 0.111. The molecule has 0 bridgehead atoms. The van der Waals surface area contributed by atoms with E-state index >= 15 is 0 Å². The minimum absolute atomic E-state index is 0.149. The summed E-state index contributed by atoms with van der Waals surface area (Å²) < 4.78 is 12.8. The number of aromatic nitrogens is 2. The molecule has 1 aromatic heterocycles. The third-order valence-corrected chi connectivity index (χ3v) is 8.60. The van der Waals surface area contributed by atoms with Crippen LogP contribution in [0.1, 0.15) is 47.2 Å². The van der Waals surface area contributed by atoms with Gasteiger partial charge in [-0.15, -0.1) is 10.2 Å². The van der Waals surface area contributed by atoms with Crippen LogP contribution in [0.5, 0.6) is 11.5 Å². The molecule has 8 rings (SSSR count).